The van der Waals surface area contributed by atoms with Crippen LogP contribution in [0.1, 0.15) is 11.1 Å². The molecular formula is C16H15NO2. The molecule has 0 aromatic heterocycles. The van der Waals surface area contributed by atoms with Gasteiger partial charge in [-0.2, -0.15) is 0 Å². The number of rotatable bonds is 4. The molecule has 3 nitrogen and oxygen atoms in total. The first-order chi connectivity index (χ1) is 9.20. The highest BCUT2D eigenvalue weighted by atomic mass is 16.5. The lowest BCUT2D eigenvalue weighted by Crippen LogP contribution is -2.07. The van der Waals surface area contributed by atoms with Crippen LogP contribution in [0.4, 0.5) is 0 Å². The fraction of sp³-hybridized carbons (Fsp3) is 0.0625. The Morgan fingerprint density at radius 1 is 1.00 bits per heavy atom. The second kappa shape index (κ2) is 5.87. The highest BCUT2D eigenvalue weighted by Crippen LogP contribution is 2.24. The van der Waals surface area contributed by atoms with Crippen LogP contribution in [0.3, 0.4) is 0 Å². The van der Waals surface area contributed by atoms with Crippen LogP contribution in [0.15, 0.2) is 60.7 Å². The third kappa shape index (κ3) is 3.22. The van der Waals surface area contributed by atoms with E-state index in [2.05, 4.69) is 0 Å². The average molecular weight is 253 g/mol. The molecule has 1 amide bonds. The molecule has 0 saturated heterocycles. The molecule has 2 aromatic rings. The lowest BCUT2D eigenvalue weighted by Gasteiger charge is -2.08. The smallest absolute Gasteiger partial charge is 0.242 e. The zero-order valence-electron chi connectivity index (χ0n) is 10.7. The van der Waals surface area contributed by atoms with Gasteiger partial charge in [-0.3, -0.25) is 4.79 Å². The Bertz CT molecular complexity index is 586. The van der Waals surface area contributed by atoms with Crippen LogP contribution in [0, 0.1) is 0 Å². The van der Waals surface area contributed by atoms with Gasteiger partial charge in [-0.25, -0.2) is 0 Å². The van der Waals surface area contributed by atoms with E-state index >= 15 is 0 Å². The minimum Gasteiger partial charge on any atom is -0.497 e. The van der Waals surface area contributed by atoms with Crippen molar-refractivity contribution in [3.05, 3.63) is 71.8 Å². The summed E-state index contributed by atoms with van der Waals surface area (Å²) in [4.78, 5) is 11.2. The van der Waals surface area contributed by atoms with E-state index in [1.54, 1.807) is 7.11 Å². The first-order valence-electron chi connectivity index (χ1n) is 5.91. The quantitative estimate of drug-likeness (QED) is 0.851. The summed E-state index contributed by atoms with van der Waals surface area (Å²) in [5.74, 6) is 0.310. The van der Waals surface area contributed by atoms with Gasteiger partial charge in [-0.1, -0.05) is 42.5 Å². The molecule has 0 aliphatic carbocycles. The van der Waals surface area contributed by atoms with Crippen molar-refractivity contribution in [2.75, 3.05) is 7.11 Å². The molecule has 0 unspecified atom stereocenters. The van der Waals surface area contributed by atoms with E-state index in [0.29, 0.717) is 0 Å². The van der Waals surface area contributed by atoms with Gasteiger partial charge < -0.3 is 10.5 Å². The number of nitrogens with two attached hydrogens (primary N) is 1. The molecule has 19 heavy (non-hydrogen) atoms. The molecule has 0 aliphatic heterocycles. The molecule has 0 atom stereocenters. The molecule has 0 heterocycles. The molecule has 96 valence electrons. The zero-order valence-corrected chi connectivity index (χ0v) is 10.7. The van der Waals surface area contributed by atoms with Crippen molar-refractivity contribution in [3.8, 4) is 5.75 Å². The summed E-state index contributed by atoms with van der Waals surface area (Å²) >= 11 is 0. The Kier molecular flexibility index (Phi) is 3.98. The van der Waals surface area contributed by atoms with Crippen LogP contribution in [0.25, 0.3) is 5.57 Å². The predicted octanol–water partition coefficient (Wildman–Crippen LogP) is 2.61. The van der Waals surface area contributed by atoms with E-state index in [-0.39, 0.29) is 0 Å². The van der Waals surface area contributed by atoms with Gasteiger partial charge in [0.05, 0.1) is 7.11 Å². The molecule has 2 aromatic carbocycles. The van der Waals surface area contributed by atoms with Gasteiger partial charge in [0.1, 0.15) is 5.75 Å². The number of hydrogen-bond acceptors (Lipinski definition) is 2. The Balaban J connectivity index is 2.46. The molecule has 0 spiro atoms. The Hall–Kier alpha value is -2.55. The number of carbonyl (C=O) groups excluding carboxylic acids is 1. The molecule has 0 aliphatic rings. The summed E-state index contributed by atoms with van der Waals surface area (Å²) in [6, 6.07) is 17.2. The van der Waals surface area contributed by atoms with E-state index in [4.69, 9.17) is 10.5 Å². The van der Waals surface area contributed by atoms with Gasteiger partial charge in [0, 0.05) is 6.08 Å². The van der Waals surface area contributed by atoms with Gasteiger partial charge in [0.15, 0.2) is 0 Å². The SMILES string of the molecule is COc1ccc(C(=CC(N)=O)c2ccccc2)cc1. The van der Waals surface area contributed by atoms with Gasteiger partial charge >= 0.3 is 0 Å². The third-order valence-electron chi connectivity index (χ3n) is 2.77. The number of amides is 1. The summed E-state index contributed by atoms with van der Waals surface area (Å²) in [6.07, 6.45) is 1.44. The van der Waals surface area contributed by atoms with Crippen LogP contribution in [-0.4, -0.2) is 13.0 Å². The van der Waals surface area contributed by atoms with Crippen molar-refractivity contribution >= 4 is 11.5 Å². The molecular weight excluding hydrogens is 238 g/mol. The van der Waals surface area contributed by atoms with Crippen molar-refractivity contribution in [1.29, 1.82) is 0 Å². The van der Waals surface area contributed by atoms with Gasteiger partial charge in [-0.15, -0.1) is 0 Å². The molecule has 3 heteroatoms. The fourth-order valence-corrected chi connectivity index (χ4v) is 1.86. The van der Waals surface area contributed by atoms with Crippen LogP contribution in [0.2, 0.25) is 0 Å². The van der Waals surface area contributed by atoms with Crippen molar-refractivity contribution in [2.24, 2.45) is 5.73 Å². The molecule has 0 fully saturated rings. The van der Waals surface area contributed by atoms with Crippen molar-refractivity contribution in [3.63, 3.8) is 0 Å². The number of ether oxygens (including phenoxy) is 1. The van der Waals surface area contributed by atoms with Crippen LogP contribution < -0.4 is 10.5 Å². The van der Waals surface area contributed by atoms with Crippen LogP contribution >= 0.6 is 0 Å². The number of primary amides is 1. The Morgan fingerprint density at radius 3 is 2.11 bits per heavy atom. The number of carbonyl (C=O) groups is 1. The standard InChI is InChI=1S/C16H15NO2/c1-19-14-9-7-13(8-10-14)15(11-16(17)18)12-5-3-2-4-6-12/h2-11H,1H3,(H2,17,18). The summed E-state index contributed by atoms with van der Waals surface area (Å²) in [5, 5.41) is 0. The van der Waals surface area contributed by atoms with Crippen molar-refractivity contribution in [2.45, 2.75) is 0 Å². The third-order valence-corrected chi connectivity index (χ3v) is 2.77. The second-order valence-electron chi connectivity index (χ2n) is 4.05. The maximum atomic E-state index is 11.2. The predicted molar refractivity (Wildman–Crippen MR) is 75.7 cm³/mol. The number of benzene rings is 2. The summed E-state index contributed by atoms with van der Waals surface area (Å²) in [5.41, 5.74) is 7.96. The number of hydrogen-bond donors (Lipinski definition) is 1. The van der Waals surface area contributed by atoms with Crippen molar-refractivity contribution < 1.29 is 9.53 Å². The second-order valence-corrected chi connectivity index (χ2v) is 4.05. The number of methoxy groups -OCH3 is 1. The van der Waals surface area contributed by atoms with Gasteiger partial charge in [-0.05, 0) is 28.8 Å². The normalized spacial score (nSPS) is 11.1. The van der Waals surface area contributed by atoms with E-state index in [9.17, 15) is 4.79 Å². The Labute approximate surface area is 112 Å². The van der Waals surface area contributed by atoms with E-state index < -0.39 is 5.91 Å². The van der Waals surface area contributed by atoms with Crippen molar-refractivity contribution in [1.82, 2.24) is 0 Å². The maximum absolute atomic E-state index is 11.2. The van der Waals surface area contributed by atoms with Crippen LogP contribution in [0.5, 0.6) is 5.75 Å². The zero-order chi connectivity index (χ0) is 13.7. The highest BCUT2D eigenvalue weighted by Gasteiger charge is 2.06. The largest absolute Gasteiger partial charge is 0.497 e. The molecule has 0 saturated carbocycles. The van der Waals surface area contributed by atoms with E-state index in [0.717, 1.165) is 22.4 Å². The Morgan fingerprint density at radius 2 is 1.58 bits per heavy atom. The molecule has 2 N–H and O–H groups in total. The summed E-state index contributed by atoms with van der Waals surface area (Å²) in [6.45, 7) is 0. The minimum absolute atomic E-state index is 0.463. The fourth-order valence-electron chi connectivity index (χ4n) is 1.86. The van der Waals surface area contributed by atoms with Gasteiger partial charge in [0.2, 0.25) is 5.91 Å². The van der Waals surface area contributed by atoms with Gasteiger partial charge in [0.25, 0.3) is 0 Å². The summed E-state index contributed by atoms with van der Waals surface area (Å²) < 4.78 is 5.12. The topological polar surface area (TPSA) is 52.3 Å². The minimum atomic E-state index is -0.463. The van der Waals surface area contributed by atoms with E-state index in [1.165, 1.54) is 6.08 Å². The first-order valence-corrected chi connectivity index (χ1v) is 5.91. The molecule has 0 radical (unpaired) electrons. The lowest BCUT2D eigenvalue weighted by molar-refractivity contribution is -0.113. The molecule has 2 rings (SSSR count). The van der Waals surface area contributed by atoms with E-state index in [1.807, 2.05) is 54.6 Å². The van der Waals surface area contributed by atoms with Crippen LogP contribution in [-0.2, 0) is 4.79 Å². The monoisotopic (exact) mass is 253 g/mol. The average Bonchev–Trinajstić information content (AvgIpc) is 2.46. The first kappa shape index (κ1) is 12.9. The molecule has 0 bridgehead atoms. The lowest BCUT2D eigenvalue weighted by atomic mass is 9.97. The summed E-state index contributed by atoms with van der Waals surface area (Å²) in [7, 11) is 1.62. The highest BCUT2D eigenvalue weighted by molar-refractivity contribution is 5.98. The maximum Gasteiger partial charge on any atom is 0.242 e.